The van der Waals surface area contributed by atoms with Crippen LogP contribution in [0.15, 0.2) is 72.8 Å². The van der Waals surface area contributed by atoms with Crippen LogP contribution in [0, 0.1) is 20.8 Å². The van der Waals surface area contributed by atoms with Gasteiger partial charge < -0.3 is 10.2 Å². The molecule has 0 radical (unpaired) electrons. The van der Waals surface area contributed by atoms with Crippen molar-refractivity contribution in [2.45, 2.75) is 66.1 Å². The summed E-state index contributed by atoms with van der Waals surface area (Å²) in [5.74, 6) is -0.783. The maximum absolute atomic E-state index is 14.4. The number of aryl methyl sites for hydroxylation is 3. The number of rotatable bonds is 11. The van der Waals surface area contributed by atoms with Crippen molar-refractivity contribution in [2.24, 2.45) is 0 Å². The number of benzene rings is 3. The molecular weight excluding hydrogens is 548 g/mol. The van der Waals surface area contributed by atoms with Crippen molar-refractivity contribution in [1.82, 2.24) is 14.5 Å². The predicted octanol–water partition coefficient (Wildman–Crippen LogP) is 4.78. The lowest BCUT2D eigenvalue weighted by molar-refractivity contribution is -0.140. The molecule has 9 heteroatoms. The Morgan fingerprint density at radius 3 is 2.05 bits per heavy atom. The fourth-order valence-electron chi connectivity index (χ4n) is 4.70. The summed E-state index contributed by atoms with van der Waals surface area (Å²) in [7, 11) is -1.17. The van der Waals surface area contributed by atoms with Gasteiger partial charge in [-0.25, -0.2) is 4.31 Å². The number of amides is 2. The molecule has 3 aromatic rings. The van der Waals surface area contributed by atoms with Gasteiger partial charge in [-0.3, -0.25) is 9.59 Å². The highest BCUT2D eigenvalue weighted by Crippen LogP contribution is 2.26. The van der Waals surface area contributed by atoms with E-state index in [9.17, 15) is 18.0 Å². The number of nitrogens with one attached hydrogen (secondary N) is 1. The van der Waals surface area contributed by atoms with E-state index in [1.807, 2.05) is 108 Å². The van der Waals surface area contributed by atoms with Crippen molar-refractivity contribution in [3.63, 3.8) is 0 Å². The van der Waals surface area contributed by atoms with Crippen LogP contribution in [0.3, 0.4) is 0 Å². The van der Waals surface area contributed by atoms with Crippen molar-refractivity contribution < 1.29 is 18.0 Å². The van der Waals surface area contributed by atoms with Crippen LogP contribution in [0.1, 0.15) is 48.6 Å². The fraction of sp³-hybridized carbons (Fsp3) is 0.394. The van der Waals surface area contributed by atoms with E-state index in [1.54, 1.807) is 6.07 Å². The molecule has 1 unspecified atom stereocenters. The molecule has 0 aliphatic heterocycles. The Morgan fingerprint density at radius 1 is 0.833 bits per heavy atom. The molecule has 0 bridgehead atoms. The number of nitrogens with zero attached hydrogens (tertiary/aromatic N) is 3. The van der Waals surface area contributed by atoms with E-state index in [1.165, 1.54) is 19.0 Å². The molecule has 8 nitrogen and oxygen atoms in total. The third-order valence-corrected chi connectivity index (χ3v) is 8.66. The highest BCUT2D eigenvalue weighted by molar-refractivity contribution is 7.90. The molecule has 0 aromatic heterocycles. The third-order valence-electron chi connectivity index (χ3n) is 6.86. The number of anilines is 1. The van der Waals surface area contributed by atoms with E-state index in [0.29, 0.717) is 5.69 Å². The van der Waals surface area contributed by atoms with E-state index in [-0.39, 0.29) is 18.9 Å². The van der Waals surface area contributed by atoms with Crippen LogP contribution in [-0.2, 0) is 32.8 Å². The lowest BCUT2D eigenvalue weighted by Gasteiger charge is -2.36. The zero-order valence-corrected chi connectivity index (χ0v) is 26.8. The van der Waals surface area contributed by atoms with Crippen LogP contribution in [0.25, 0.3) is 0 Å². The summed E-state index contributed by atoms with van der Waals surface area (Å²) in [5, 5.41) is 3.05. The molecule has 0 saturated carbocycles. The van der Waals surface area contributed by atoms with E-state index in [2.05, 4.69) is 5.32 Å². The van der Waals surface area contributed by atoms with Gasteiger partial charge in [0.25, 0.3) is 0 Å². The van der Waals surface area contributed by atoms with Crippen molar-refractivity contribution in [3.05, 3.63) is 101 Å². The lowest BCUT2D eigenvalue weighted by atomic mass is 10.0. The Morgan fingerprint density at radius 2 is 1.45 bits per heavy atom. The second kappa shape index (κ2) is 13.5. The summed E-state index contributed by atoms with van der Waals surface area (Å²) in [4.78, 5) is 29.8. The average Bonchev–Trinajstić information content (AvgIpc) is 2.90. The van der Waals surface area contributed by atoms with Gasteiger partial charge in [0.2, 0.25) is 11.8 Å². The van der Waals surface area contributed by atoms with Crippen LogP contribution in [0.2, 0.25) is 0 Å². The molecule has 3 rings (SSSR count). The summed E-state index contributed by atoms with van der Waals surface area (Å²) in [6.45, 7) is 11.0. The maximum Gasteiger partial charge on any atom is 0.304 e. The van der Waals surface area contributed by atoms with Gasteiger partial charge in [0.1, 0.15) is 12.6 Å². The van der Waals surface area contributed by atoms with Gasteiger partial charge in [0.05, 0.1) is 5.69 Å². The second-order valence-corrected chi connectivity index (χ2v) is 14.1. The summed E-state index contributed by atoms with van der Waals surface area (Å²) >= 11 is 0. The Kier molecular flexibility index (Phi) is 10.6. The SMILES string of the molecule is Cc1cccc(CN(C(=O)CN(c2cc(C)ccc2C)S(=O)(=O)N(C)C)C(Cc2ccccc2)C(=O)NC(C)(C)C)c1. The average molecular weight is 593 g/mol. The van der Waals surface area contributed by atoms with E-state index < -0.39 is 34.2 Å². The standard InChI is InChI=1S/C33H44N4O4S/c1-24-13-12-16-28(19-24)22-36(30(32(39)34-33(4,5)6)21-27-14-10-9-11-15-27)31(38)23-37(42(40,41)35(7)8)29-20-25(2)17-18-26(29)3/h9-20,30H,21-23H2,1-8H3,(H,34,39). The van der Waals surface area contributed by atoms with Gasteiger partial charge in [0.15, 0.2) is 0 Å². The molecule has 0 fully saturated rings. The number of hydrogen-bond donors (Lipinski definition) is 1. The molecule has 0 aliphatic carbocycles. The molecule has 0 heterocycles. The zero-order chi connectivity index (χ0) is 31.2. The largest absolute Gasteiger partial charge is 0.350 e. The normalized spacial score (nSPS) is 12.6. The molecular formula is C33H44N4O4S. The topological polar surface area (TPSA) is 90.0 Å². The number of hydrogen-bond acceptors (Lipinski definition) is 4. The van der Waals surface area contributed by atoms with E-state index in [0.717, 1.165) is 36.4 Å². The first-order valence-corrected chi connectivity index (χ1v) is 15.5. The molecule has 3 aromatic carbocycles. The lowest BCUT2D eigenvalue weighted by Crippen LogP contribution is -2.56. The minimum atomic E-state index is -4.05. The number of carbonyl (C=O) groups excluding carboxylic acids is 2. The van der Waals surface area contributed by atoms with Crippen LogP contribution in [0.5, 0.6) is 0 Å². The maximum atomic E-state index is 14.4. The second-order valence-electron chi connectivity index (χ2n) is 12.0. The van der Waals surface area contributed by atoms with E-state index >= 15 is 0 Å². The van der Waals surface area contributed by atoms with Crippen molar-refractivity contribution in [2.75, 3.05) is 24.9 Å². The van der Waals surface area contributed by atoms with Crippen LogP contribution in [0.4, 0.5) is 5.69 Å². The summed E-state index contributed by atoms with van der Waals surface area (Å²) in [5.41, 5.74) is 4.22. The van der Waals surface area contributed by atoms with Crippen molar-refractivity contribution in [1.29, 1.82) is 0 Å². The molecule has 0 spiro atoms. The minimum Gasteiger partial charge on any atom is -0.350 e. The Bertz CT molecular complexity index is 1500. The highest BCUT2D eigenvalue weighted by atomic mass is 32.2. The van der Waals surface area contributed by atoms with Gasteiger partial charge in [-0.05, 0) is 69.9 Å². The highest BCUT2D eigenvalue weighted by Gasteiger charge is 2.36. The molecule has 226 valence electrons. The van der Waals surface area contributed by atoms with E-state index in [4.69, 9.17) is 0 Å². The Hall–Kier alpha value is -3.69. The zero-order valence-electron chi connectivity index (χ0n) is 26.0. The first kappa shape index (κ1) is 32.8. The Labute approximate surface area is 251 Å². The molecule has 0 saturated heterocycles. The molecule has 0 aliphatic rings. The Balaban J connectivity index is 2.15. The smallest absolute Gasteiger partial charge is 0.304 e. The van der Waals surface area contributed by atoms with Gasteiger partial charge in [-0.15, -0.1) is 0 Å². The number of carbonyl (C=O) groups is 2. The van der Waals surface area contributed by atoms with Gasteiger partial charge in [-0.1, -0.05) is 72.3 Å². The van der Waals surface area contributed by atoms with Crippen LogP contribution in [-0.4, -0.2) is 61.7 Å². The third kappa shape index (κ3) is 8.66. The minimum absolute atomic E-state index is 0.137. The summed E-state index contributed by atoms with van der Waals surface area (Å²) in [6.07, 6.45) is 0.268. The predicted molar refractivity (Wildman–Crippen MR) is 169 cm³/mol. The monoisotopic (exact) mass is 592 g/mol. The van der Waals surface area contributed by atoms with Gasteiger partial charge in [0, 0.05) is 32.6 Å². The van der Waals surface area contributed by atoms with Gasteiger partial charge in [-0.2, -0.15) is 12.7 Å². The fourth-order valence-corrected chi connectivity index (χ4v) is 5.82. The molecule has 2 amide bonds. The molecule has 1 atom stereocenters. The summed E-state index contributed by atoms with van der Waals surface area (Å²) in [6, 6.07) is 21.9. The first-order chi connectivity index (χ1) is 19.6. The van der Waals surface area contributed by atoms with Crippen LogP contribution < -0.4 is 9.62 Å². The quantitative estimate of drug-likeness (QED) is 0.347. The summed E-state index contributed by atoms with van der Waals surface area (Å²) < 4.78 is 29.5. The molecule has 1 N–H and O–H groups in total. The first-order valence-electron chi connectivity index (χ1n) is 14.1. The molecule has 42 heavy (non-hydrogen) atoms. The van der Waals surface area contributed by atoms with Crippen molar-refractivity contribution >= 4 is 27.7 Å². The van der Waals surface area contributed by atoms with Gasteiger partial charge >= 0.3 is 10.2 Å². The van der Waals surface area contributed by atoms with Crippen LogP contribution >= 0.6 is 0 Å². The van der Waals surface area contributed by atoms with Crippen molar-refractivity contribution in [3.8, 4) is 0 Å².